The van der Waals surface area contributed by atoms with Crippen molar-refractivity contribution in [2.75, 3.05) is 26.2 Å². The number of carbonyl (C=O) groups is 3. The zero-order valence-corrected chi connectivity index (χ0v) is 31.9. The van der Waals surface area contributed by atoms with Gasteiger partial charge in [0.15, 0.2) is 0 Å². The summed E-state index contributed by atoms with van der Waals surface area (Å²) in [6, 6.07) is 0.766. The molecule has 3 aromatic heterocycles. The first-order valence-corrected chi connectivity index (χ1v) is 19.2. The molecule has 14 nitrogen and oxygen atoms in total. The van der Waals surface area contributed by atoms with Crippen LogP contribution in [0.15, 0.2) is 18.5 Å². The van der Waals surface area contributed by atoms with Crippen molar-refractivity contribution >= 4 is 23.7 Å². The highest BCUT2D eigenvalue weighted by Gasteiger charge is 2.52. The van der Waals surface area contributed by atoms with E-state index in [0.717, 1.165) is 0 Å². The van der Waals surface area contributed by atoms with E-state index in [-0.39, 0.29) is 56.9 Å². The molecule has 56 heavy (non-hydrogen) atoms. The van der Waals surface area contributed by atoms with Gasteiger partial charge in [-0.3, -0.25) is 14.3 Å². The molecule has 3 aliphatic heterocycles. The summed E-state index contributed by atoms with van der Waals surface area (Å²) in [7, 11) is 0. The Balaban J connectivity index is 1.23. The molecule has 1 spiro atoms. The number of aromatic nitrogens is 6. The van der Waals surface area contributed by atoms with Crippen LogP contribution in [0.4, 0.5) is 26.7 Å². The van der Waals surface area contributed by atoms with Gasteiger partial charge in [-0.2, -0.15) is 23.4 Å². The Labute approximate surface area is 320 Å². The van der Waals surface area contributed by atoms with E-state index < -0.39 is 78.0 Å². The summed E-state index contributed by atoms with van der Waals surface area (Å²) < 4.78 is 84.8. The molecule has 2 N–H and O–H groups in total. The third kappa shape index (κ3) is 8.46. The number of hydrogen-bond acceptors (Lipinski definition) is 9. The highest BCUT2D eigenvalue weighted by Crippen LogP contribution is 2.44. The van der Waals surface area contributed by atoms with E-state index >= 15 is 0 Å². The van der Waals surface area contributed by atoms with E-state index in [1.807, 2.05) is 6.92 Å². The van der Waals surface area contributed by atoms with Crippen molar-refractivity contribution in [3.05, 3.63) is 41.2 Å². The summed E-state index contributed by atoms with van der Waals surface area (Å²) in [4.78, 5) is 50.7. The van der Waals surface area contributed by atoms with Crippen LogP contribution in [0.5, 0.6) is 0 Å². The SMILES string of the molecule is CCn1nccc1C(=O)N[C@H](c1cn2nc(C[C@H]3C[C@@H](C(F)(F)F)CNC3=O)c(C3CCOC4(C3)CN(C(=O)OC(C)(C)C)C4)nc2n1)C1CCC(F)(F)CC1. The van der Waals surface area contributed by atoms with Crippen LogP contribution in [0.25, 0.3) is 5.78 Å². The van der Waals surface area contributed by atoms with Gasteiger partial charge in [-0.1, -0.05) is 0 Å². The fraction of sp³-hybridized carbons (Fsp3) is 0.703. The molecule has 3 saturated heterocycles. The van der Waals surface area contributed by atoms with Crippen LogP contribution in [0, 0.1) is 17.8 Å². The Hall–Kier alpha value is -4.42. The minimum Gasteiger partial charge on any atom is -0.444 e. The van der Waals surface area contributed by atoms with Crippen molar-refractivity contribution in [3.8, 4) is 0 Å². The Bertz CT molecular complexity index is 1940. The number of nitrogens with one attached hydrogen (secondary N) is 2. The zero-order chi connectivity index (χ0) is 40.2. The van der Waals surface area contributed by atoms with E-state index in [2.05, 4.69) is 15.7 Å². The lowest BCUT2D eigenvalue weighted by atomic mass is 9.78. The van der Waals surface area contributed by atoms with E-state index in [1.54, 1.807) is 37.9 Å². The van der Waals surface area contributed by atoms with Gasteiger partial charge in [0.25, 0.3) is 11.7 Å². The molecule has 306 valence electrons. The van der Waals surface area contributed by atoms with Crippen molar-refractivity contribution in [3.63, 3.8) is 0 Å². The van der Waals surface area contributed by atoms with Crippen LogP contribution in [0.1, 0.15) is 112 Å². The molecule has 4 atom stereocenters. The van der Waals surface area contributed by atoms with Crippen molar-refractivity contribution < 1.29 is 45.8 Å². The Morgan fingerprint density at radius 1 is 1.12 bits per heavy atom. The number of halogens is 5. The van der Waals surface area contributed by atoms with E-state index in [4.69, 9.17) is 24.5 Å². The fourth-order valence-corrected chi connectivity index (χ4v) is 8.47. The molecule has 3 aromatic rings. The number of fused-ring (bicyclic) bond motifs is 1. The molecule has 1 aliphatic carbocycles. The van der Waals surface area contributed by atoms with Crippen molar-refractivity contribution in [1.29, 1.82) is 0 Å². The largest absolute Gasteiger partial charge is 0.444 e. The predicted molar refractivity (Wildman–Crippen MR) is 189 cm³/mol. The van der Waals surface area contributed by atoms with Gasteiger partial charge in [0.1, 0.15) is 16.9 Å². The quantitative estimate of drug-likeness (QED) is 0.286. The van der Waals surface area contributed by atoms with Crippen LogP contribution in [-0.2, 0) is 27.2 Å². The molecule has 6 heterocycles. The van der Waals surface area contributed by atoms with Gasteiger partial charge in [0.05, 0.1) is 48.3 Å². The summed E-state index contributed by atoms with van der Waals surface area (Å²) in [5.74, 6) is -7.11. The Morgan fingerprint density at radius 2 is 1.86 bits per heavy atom. The Kier molecular flexibility index (Phi) is 10.5. The Morgan fingerprint density at radius 3 is 2.54 bits per heavy atom. The number of nitrogens with zero attached hydrogens (tertiary/aromatic N) is 7. The summed E-state index contributed by atoms with van der Waals surface area (Å²) >= 11 is 0. The second-order valence-corrected chi connectivity index (χ2v) is 16.7. The number of aryl methyl sites for hydroxylation is 1. The molecule has 1 saturated carbocycles. The molecule has 19 heteroatoms. The first-order valence-electron chi connectivity index (χ1n) is 19.2. The number of hydrogen-bond donors (Lipinski definition) is 2. The topological polar surface area (TPSA) is 158 Å². The maximum Gasteiger partial charge on any atom is 0.410 e. The maximum atomic E-state index is 14.3. The standard InChI is InChI=1S/C37H48F5N9O5/c1-5-50-27(8-12-44-50)31(53)46-28(21-6-10-36(38,39)11-7-21)26-18-51-32(45-26)47-29(25(48-51)15-23-14-24(37(40,41)42)17-43-30(23)52)22-9-13-55-35(16-22)19-49(20-35)33(54)56-34(2,3)4/h8,12,18,21-24,28H,5-7,9-11,13-17,19-20H2,1-4H3,(H,43,52)(H,46,53)/t22?,23-,24-,28+/m1/s1. The number of alkyl halides is 5. The second kappa shape index (κ2) is 14.8. The van der Waals surface area contributed by atoms with Gasteiger partial charge in [-0.05, 0) is 71.8 Å². The van der Waals surface area contributed by atoms with Gasteiger partial charge < -0.3 is 25.0 Å². The van der Waals surface area contributed by atoms with Gasteiger partial charge in [-0.15, -0.1) is 0 Å². The molecular formula is C37H48F5N9O5. The molecule has 0 radical (unpaired) electrons. The maximum absolute atomic E-state index is 14.3. The average Bonchev–Trinajstić information content (AvgIpc) is 3.76. The average molecular weight is 794 g/mol. The van der Waals surface area contributed by atoms with Crippen LogP contribution < -0.4 is 10.6 Å². The van der Waals surface area contributed by atoms with Crippen LogP contribution in [-0.4, -0.2) is 102 Å². The number of imidazole rings is 1. The zero-order valence-electron chi connectivity index (χ0n) is 31.9. The third-order valence-corrected chi connectivity index (χ3v) is 11.4. The highest BCUT2D eigenvalue weighted by atomic mass is 19.4. The lowest BCUT2D eigenvalue weighted by Crippen LogP contribution is -2.66. The molecule has 3 amide bonds. The van der Waals surface area contributed by atoms with Crippen molar-refractivity contribution in [2.24, 2.45) is 17.8 Å². The van der Waals surface area contributed by atoms with E-state index in [1.165, 1.54) is 15.4 Å². The lowest BCUT2D eigenvalue weighted by molar-refractivity contribution is -0.183. The van der Waals surface area contributed by atoms with Crippen molar-refractivity contribution in [1.82, 2.24) is 44.9 Å². The normalized spacial score (nSPS) is 24.8. The summed E-state index contributed by atoms with van der Waals surface area (Å²) in [6.07, 6.45) is -2.01. The number of ether oxygens (including phenoxy) is 2. The molecule has 0 bridgehead atoms. The van der Waals surface area contributed by atoms with Gasteiger partial charge in [0, 0.05) is 57.0 Å². The number of likely N-dealkylation sites (tertiary alicyclic amines) is 1. The third-order valence-electron chi connectivity index (χ3n) is 11.4. The van der Waals surface area contributed by atoms with Crippen LogP contribution in [0.3, 0.4) is 0 Å². The fourth-order valence-electron chi connectivity index (χ4n) is 8.47. The number of carbonyl (C=O) groups excluding carboxylic acids is 3. The first kappa shape index (κ1) is 39.8. The number of rotatable bonds is 8. The highest BCUT2D eigenvalue weighted by molar-refractivity contribution is 5.92. The van der Waals surface area contributed by atoms with E-state index in [0.29, 0.717) is 48.8 Å². The first-order chi connectivity index (χ1) is 26.3. The minimum absolute atomic E-state index is 0.123. The van der Waals surface area contributed by atoms with Crippen LogP contribution >= 0.6 is 0 Å². The number of amides is 3. The summed E-state index contributed by atoms with van der Waals surface area (Å²) in [5, 5.41) is 14.4. The summed E-state index contributed by atoms with van der Waals surface area (Å²) in [5.41, 5.74) is 0.0118. The minimum atomic E-state index is -4.50. The molecule has 4 aliphatic rings. The van der Waals surface area contributed by atoms with E-state index in [9.17, 15) is 36.3 Å². The predicted octanol–water partition coefficient (Wildman–Crippen LogP) is 5.38. The molecule has 4 fully saturated rings. The summed E-state index contributed by atoms with van der Waals surface area (Å²) in [6.45, 7) is 7.95. The number of piperidine rings is 1. The lowest BCUT2D eigenvalue weighted by Gasteiger charge is -2.52. The van der Waals surface area contributed by atoms with Crippen molar-refractivity contribution in [2.45, 2.75) is 121 Å². The van der Waals surface area contributed by atoms with Crippen LogP contribution in [0.2, 0.25) is 0 Å². The molecule has 0 aromatic carbocycles. The van der Waals surface area contributed by atoms with Gasteiger partial charge in [-0.25, -0.2) is 28.1 Å². The molecule has 1 unspecified atom stereocenters. The van der Waals surface area contributed by atoms with Gasteiger partial charge >= 0.3 is 12.3 Å². The monoisotopic (exact) mass is 793 g/mol. The van der Waals surface area contributed by atoms with Gasteiger partial charge in [0.2, 0.25) is 11.8 Å². The second-order valence-electron chi connectivity index (χ2n) is 16.7. The smallest absolute Gasteiger partial charge is 0.410 e. The molecule has 7 rings (SSSR count). The molecular weight excluding hydrogens is 745 g/mol.